The van der Waals surface area contributed by atoms with Gasteiger partial charge in [0.15, 0.2) is 0 Å². The summed E-state index contributed by atoms with van der Waals surface area (Å²) in [5.41, 5.74) is 1.82. The van der Waals surface area contributed by atoms with Gasteiger partial charge in [0.1, 0.15) is 5.82 Å². The molecule has 6 rings (SSSR count). The van der Waals surface area contributed by atoms with Crippen LogP contribution in [0, 0.1) is 28.5 Å². The van der Waals surface area contributed by atoms with Crippen LogP contribution in [0.3, 0.4) is 0 Å². The van der Waals surface area contributed by atoms with Gasteiger partial charge in [0.2, 0.25) is 5.91 Å². The summed E-state index contributed by atoms with van der Waals surface area (Å²) in [6.45, 7) is 7.18. The van der Waals surface area contributed by atoms with Crippen LogP contribution in [-0.2, 0) is 22.7 Å². The first kappa shape index (κ1) is 29.5. The van der Waals surface area contributed by atoms with E-state index in [0.29, 0.717) is 54.9 Å². The molecule has 0 bridgehead atoms. The van der Waals surface area contributed by atoms with E-state index in [1.165, 1.54) is 12.1 Å². The van der Waals surface area contributed by atoms with Crippen molar-refractivity contribution in [2.75, 3.05) is 32.8 Å². The van der Waals surface area contributed by atoms with Gasteiger partial charge in [-0.05, 0) is 57.1 Å². The number of benzene rings is 2. The summed E-state index contributed by atoms with van der Waals surface area (Å²) in [5.74, 6) is -1.27. The third kappa shape index (κ3) is 5.84. The van der Waals surface area contributed by atoms with E-state index < -0.39 is 5.97 Å². The number of halogens is 2. The van der Waals surface area contributed by atoms with Gasteiger partial charge >= 0.3 is 5.97 Å². The van der Waals surface area contributed by atoms with Crippen molar-refractivity contribution in [1.82, 2.24) is 19.6 Å². The predicted molar refractivity (Wildman–Crippen MR) is 159 cm³/mol. The maximum atomic E-state index is 13.6. The molecule has 2 aromatic carbocycles. The van der Waals surface area contributed by atoms with Crippen molar-refractivity contribution in [3.8, 4) is 0 Å². The van der Waals surface area contributed by atoms with Gasteiger partial charge in [-0.15, -0.1) is 0 Å². The lowest BCUT2D eigenvalue weighted by molar-refractivity contribution is -0.148. The number of carbonyl (C=O) groups excluding carboxylic acids is 2. The van der Waals surface area contributed by atoms with Gasteiger partial charge < -0.3 is 19.6 Å². The fourth-order valence-electron chi connectivity index (χ4n) is 6.51. The fourth-order valence-corrected chi connectivity index (χ4v) is 7.09. The lowest BCUT2D eigenvalue weighted by Gasteiger charge is -2.51. The highest BCUT2D eigenvalue weighted by molar-refractivity contribution is 9.10. The second-order valence-electron chi connectivity index (χ2n) is 12.8. The highest BCUT2D eigenvalue weighted by Crippen LogP contribution is 2.54. The van der Waals surface area contributed by atoms with Crippen LogP contribution in [0.2, 0.25) is 0 Å². The summed E-state index contributed by atoms with van der Waals surface area (Å²) in [4.78, 5) is 42.3. The molecule has 11 heteroatoms. The number of nitrogens with zero attached hydrogens (tertiary/aromatic N) is 4. The van der Waals surface area contributed by atoms with E-state index in [9.17, 15) is 23.9 Å². The first-order valence-electron chi connectivity index (χ1n) is 14.4. The summed E-state index contributed by atoms with van der Waals surface area (Å²) < 4.78 is 21.5. The minimum absolute atomic E-state index is 0.0256. The number of carboxylic acids is 1. The lowest BCUT2D eigenvalue weighted by Crippen LogP contribution is -2.63. The Morgan fingerprint density at radius 3 is 2.47 bits per heavy atom. The molecule has 1 unspecified atom stereocenters. The van der Waals surface area contributed by atoms with Crippen molar-refractivity contribution in [1.29, 1.82) is 0 Å². The molecule has 2 atom stereocenters. The number of rotatable bonds is 9. The Morgan fingerprint density at radius 2 is 1.79 bits per heavy atom. The summed E-state index contributed by atoms with van der Waals surface area (Å²) in [5, 5.41) is 14.0. The molecule has 3 fully saturated rings. The van der Waals surface area contributed by atoms with Gasteiger partial charge in [-0.2, -0.15) is 5.10 Å². The van der Waals surface area contributed by atoms with Crippen molar-refractivity contribution in [2.45, 2.75) is 33.4 Å². The summed E-state index contributed by atoms with van der Waals surface area (Å²) in [6, 6.07) is 11.4. The Balaban J connectivity index is 1.15. The molecule has 1 aromatic heterocycles. The van der Waals surface area contributed by atoms with Gasteiger partial charge in [-0.3, -0.25) is 14.3 Å². The van der Waals surface area contributed by atoms with Crippen molar-refractivity contribution < 1.29 is 28.6 Å². The summed E-state index contributed by atoms with van der Waals surface area (Å²) >= 11 is 3.32. The predicted octanol–water partition coefficient (Wildman–Crippen LogP) is 4.69. The van der Waals surface area contributed by atoms with Crippen LogP contribution in [0.15, 0.2) is 59.3 Å². The van der Waals surface area contributed by atoms with Gasteiger partial charge in [0, 0.05) is 54.1 Å². The molecule has 2 saturated heterocycles. The molecule has 1 N–H and O–H groups in total. The van der Waals surface area contributed by atoms with Crippen LogP contribution < -0.4 is 0 Å². The molecular formula is C32H34BrFN4O5. The smallest absolute Gasteiger partial charge is 0.337 e. The Labute approximate surface area is 257 Å². The fraction of sp³-hybridized carbons (Fsp3) is 0.438. The first-order valence-corrected chi connectivity index (χ1v) is 15.2. The number of aromatic nitrogens is 2. The van der Waals surface area contributed by atoms with Crippen LogP contribution in [-0.4, -0.2) is 75.3 Å². The van der Waals surface area contributed by atoms with Crippen LogP contribution in [0.4, 0.5) is 4.39 Å². The number of ether oxygens (including phenoxy) is 1. The molecule has 3 heterocycles. The molecule has 226 valence electrons. The molecule has 0 radical (unpaired) electrons. The molecule has 1 saturated carbocycles. The quantitative estimate of drug-likeness (QED) is 0.360. The highest BCUT2D eigenvalue weighted by atomic mass is 79.9. The number of hydrogen-bond acceptors (Lipinski definition) is 5. The number of likely N-dealkylation sites (tertiary alicyclic amines) is 2. The van der Waals surface area contributed by atoms with Gasteiger partial charge in [-0.25, -0.2) is 9.18 Å². The maximum absolute atomic E-state index is 13.6. The number of amides is 2. The Bertz CT molecular complexity index is 1570. The molecule has 1 spiro atoms. The van der Waals surface area contributed by atoms with E-state index in [0.717, 1.165) is 12.0 Å². The zero-order valence-electron chi connectivity index (χ0n) is 24.1. The average molecular weight is 654 g/mol. The average Bonchev–Trinajstić information content (AvgIpc) is 3.26. The molecule has 1 aliphatic carbocycles. The van der Waals surface area contributed by atoms with E-state index in [-0.39, 0.29) is 52.5 Å². The third-order valence-corrected chi connectivity index (χ3v) is 9.92. The minimum atomic E-state index is -1.03. The van der Waals surface area contributed by atoms with Crippen molar-refractivity contribution in [3.05, 3.63) is 87.4 Å². The van der Waals surface area contributed by atoms with E-state index in [2.05, 4.69) is 34.9 Å². The SMILES string of the molecule is CC1(C)C[C@@H]1C(=O)N1CC2(CN(C(=O)c3cnn(Cc4ccc(F)cc4)c3)CC2COCc2cccc(Br)c2C(=O)O)C1. The van der Waals surface area contributed by atoms with E-state index in [1.807, 2.05) is 9.80 Å². The number of carboxylic acid groups (broad SMARTS) is 1. The van der Waals surface area contributed by atoms with Crippen LogP contribution >= 0.6 is 15.9 Å². The molecule has 2 amide bonds. The number of hydrogen-bond donors (Lipinski definition) is 1. The van der Waals surface area contributed by atoms with E-state index in [1.54, 1.807) is 47.4 Å². The minimum Gasteiger partial charge on any atom is -0.478 e. The monoisotopic (exact) mass is 652 g/mol. The molecule has 9 nitrogen and oxygen atoms in total. The Hall–Kier alpha value is -3.57. The van der Waals surface area contributed by atoms with Crippen LogP contribution in [0.25, 0.3) is 0 Å². The Morgan fingerprint density at radius 1 is 1.09 bits per heavy atom. The molecular weight excluding hydrogens is 619 g/mol. The molecule has 2 aliphatic heterocycles. The largest absolute Gasteiger partial charge is 0.478 e. The van der Waals surface area contributed by atoms with Gasteiger partial charge in [-0.1, -0.05) is 38.1 Å². The van der Waals surface area contributed by atoms with Crippen LogP contribution in [0.1, 0.15) is 52.1 Å². The second kappa shape index (κ2) is 11.2. The summed E-state index contributed by atoms with van der Waals surface area (Å²) in [6.07, 6.45) is 4.15. The Kier molecular flexibility index (Phi) is 7.66. The van der Waals surface area contributed by atoms with Crippen molar-refractivity contribution >= 4 is 33.7 Å². The summed E-state index contributed by atoms with van der Waals surface area (Å²) in [7, 11) is 0. The maximum Gasteiger partial charge on any atom is 0.337 e. The standard InChI is InChI=1S/C32H34BrFN4O5/c1-31(2)10-25(31)29(40)37-18-32(19-37)17-36(14-23(32)16-43-15-21-4-3-5-26(33)27(21)30(41)42)28(39)22-11-35-38(13-22)12-20-6-8-24(34)9-7-20/h3-9,11,13,23,25H,10,12,14-19H2,1-2H3,(H,41,42)/t23?,25-/m1/s1. The van der Waals surface area contributed by atoms with Crippen molar-refractivity contribution in [2.24, 2.45) is 22.7 Å². The molecule has 43 heavy (non-hydrogen) atoms. The number of aromatic carboxylic acids is 1. The topological polar surface area (TPSA) is 105 Å². The van der Waals surface area contributed by atoms with E-state index in [4.69, 9.17) is 4.74 Å². The highest BCUT2D eigenvalue weighted by Gasteiger charge is 2.60. The van der Waals surface area contributed by atoms with E-state index >= 15 is 0 Å². The van der Waals surface area contributed by atoms with Gasteiger partial charge in [0.05, 0.1) is 37.1 Å². The molecule has 3 aromatic rings. The van der Waals surface area contributed by atoms with Gasteiger partial charge in [0.25, 0.3) is 5.91 Å². The zero-order valence-corrected chi connectivity index (χ0v) is 25.7. The second-order valence-corrected chi connectivity index (χ2v) is 13.7. The molecule has 3 aliphatic rings. The first-order chi connectivity index (χ1) is 20.5. The van der Waals surface area contributed by atoms with Crippen molar-refractivity contribution in [3.63, 3.8) is 0 Å². The zero-order chi connectivity index (χ0) is 30.5. The normalized spacial score (nSPS) is 21.6. The number of carbonyl (C=O) groups is 3. The lowest BCUT2D eigenvalue weighted by atomic mass is 9.71. The van der Waals surface area contributed by atoms with Crippen LogP contribution in [0.5, 0.6) is 0 Å². The third-order valence-electron chi connectivity index (χ3n) is 9.26.